The van der Waals surface area contributed by atoms with Crippen molar-refractivity contribution in [2.45, 2.75) is 25.2 Å². The molecule has 2 aliphatic heterocycles. The van der Waals surface area contributed by atoms with Gasteiger partial charge in [0.05, 0.1) is 5.92 Å². The minimum Gasteiger partial charge on any atom is -0.481 e. The molecule has 0 aromatic heterocycles. The summed E-state index contributed by atoms with van der Waals surface area (Å²) in [5.41, 5.74) is 2.13. The summed E-state index contributed by atoms with van der Waals surface area (Å²) >= 11 is 0. The quantitative estimate of drug-likeness (QED) is 0.888. The molecule has 1 aromatic carbocycles. The van der Waals surface area contributed by atoms with Gasteiger partial charge in [-0.2, -0.15) is 0 Å². The Labute approximate surface area is 123 Å². The molecule has 3 rings (SSSR count). The molecule has 0 spiro atoms. The Kier molecular flexibility index (Phi) is 3.82. The van der Waals surface area contributed by atoms with Crippen molar-refractivity contribution < 1.29 is 14.7 Å². The number of aliphatic carboxylic acids is 1. The standard InChI is InChI=1S/C16H20N2O3/c19-15(20)6-5-11-7-8-18(10-11)16(21)13-9-17-14-4-2-1-3-12(13)14/h1-4,11,13,17H,5-10H2,(H,19,20). The summed E-state index contributed by atoms with van der Waals surface area (Å²) in [5.74, 6) is -0.354. The first-order chi connectivity index (χ1) is 10.1. The van der Waals surface area contributed by atoms with Crippen LogP contribution in [0.2, 0.25) is 0 Å². The van der Waals surface area contributed by atoms with Crippen LogP contribution in [0.25, 0.3) is 0 Å². The van der Waals surface area contributed by atoms with E-state index in [4.69, 9.17) is 5.11 Å². The van der Waals surface area contributed by atoms with E-state index >= 15 is 0 Å². The molecule has 5 nitrogen and oxygen atoms in total. The predicted molar refractivity (Wildman–Crippen MR) is 79.2 cm³/mol. The molecule has 0 saturated carbocycles. The monoisotopic (exact) mass is 288 g/mol. The van der Waals surface area contributed by atoms with E-state index in [-0.39, 0.29) is 18.2 Å². The molecule has 2 unspecified atom stereocenters. The fourth-order valence-corrected chi connectivity index (χ4v) is 3.32. The van der Waals surface area contributed by atoms with Crippen molar-refractivity contribution in [1.82, 2.24) is 4.90 Å². The third-order valence-electron chi connectivity index (χ3n) is 4.49. The molecule has 1 amide bonds. The van der Waals surface area contributed by atoms with Crippen molar-refractivity contribution in [1.29, 1.82) is 0 Å². The molecular formula is C16H20N2O3. The Balaban J connectivity index is 1.61. The molecule has 0 bridgehead atoms. The maximum absolute atomic E-state index is 12.7. The molecule has 0 aliphatic carbocycles. The molecule has 2 N–H and O–H groups in total. The van der Waals surface area contributed by atoms with E-state index in [2.05, 4.69) is 5.32 Å². The lowest BCUT2D eigenvalue weighted by molar-refractivity contribution is -0.137. The van der Waals surface area contributed by atoms with Crippen molar-refractivity contribution >= 4 is 17.6 Å². The van der Waals surface area contributed by atoms with Gasteiger partial charge in [0.2, 0.25) is 5.91 Å². The number of amides is 1. The number of fused-ring (bicyclic) bond motifs is 1. The topological polar surface area (TPSA) is 69.6 Å². The highest BCUT2D eigenvalue weighted by Crippen LogP contribution is 2.34. The van der Waals surface area contributed by atoms with Gasteiger partial charge in [0, 0.05) is 31.7 Å². The lowest BCUT2D eigenvalue weighted by Gasteiger charge is -2.20. The van der Waals surface area contributed by atoms with E-state index in [1.165, 1.54) is 0 Å². The number of rotatable bonds is 4. The van der Waals surface area contributed by atoms with Gasteiger partial charge in [-0.1, -0.05) is 18.2 Å². The highest BCUT2D eigenvalue weighted by Gasteiger charge is 2.34. The second kappa shape index (κ2) is 5.76. The summed E-state index contributed by atoms with van der Waals surface area (Å²) in [6.07, 6.45) is 1.78. The van der Waals surface area contributed by atoms with Crippen molar-refractivity contribution in [3.05, 3.63) is 29.8 Å². The molecular weight excluding hydrogens is 268 g/mol. The van der Waals surface area contributed by atoms with Gasteiger partial charge in [0.25, 0.3) is 0 Å². The van der Waals surface area contributed by atoms with Crippen molar-refractivity contribution in [2.24, 2.45) is 5.92 Å². The van der Waals surface area contributed by atoms with Gasteiger partial charge in [0.15, 0.2) is 0 Å². The fourth-order valence-electron chi connectivity index (χ4n) is 3.32. The number of carboxylic acids is 1. The van der Waals surface area contributed by atoms with E-state index < -0.39 is 5.97 Å². The third kappa shape index (κ3) is 2.86. The normalized spacial score (nSPS) is 23.7. The van der Waals surface area contributed by atoms with Gasteiger partial charge >= 0.3 is 5.97 Å². The Morgan fingerprint density at radius 3 is 2.95 bits per heavy atom. The van der Waals surface area contributed by atoms with Gasteiger partial charge in [-0.15, -0.1) is 0 Å². The number of anilines is 1. The summed E-state index contributed by atoms with van der Waals surface area (Å²) in [6, 6.07) is 7.94. The van der Waals surface area contributed by atoms with E-state index in [1.54, 1.807) is 0 Å². The van der Waals surface area contributed by atoms with Gasteiger partial charge < -0.3 is 15.3 Å². The molecule has 21 heavy (non-hydrogen) atoms. The molecule has 2 atom stereocenters. The van der Waals surface area contributed by atoms with Crippen LogP contribution in [-0.2, 0) is 9.59 Å². The van der Waals surface area contributed by atoms with Gasteiger partial charge in [0.1, 0.15) is 0 Å². The van der Waals surface area contributed by atoms with E-state index in [1.807, 2.05) is 29.2 Å². The number of para-hydroxylation sites is 1. The second-order valence-corrected chi connectivity index (χ2v) is 5.89. The minimum atomic E-state index is -0.756. The summed E-state index contributed by atoms with van der Waals surface area (Å²) in [5, 5.41) is 12.0. The van der Waals surface area contributed by atoms with Crippen LogP contribution in [0.4, 0.5) is 5.69 Å². The van der Waals surface area contributed by atoms with Crippen LogP contribution in [0.3, 0.4) is 0 Å². The number of hydrogen-bond acceptors (Lipinski definition) is 3. The largest absolute Gasteiger partial charge is 0.481 e. The fraction of sp³-hybridized carbons (Fsp3) is 0.500. The number of nitrogens with one attached hydrogen (secondary N) is 1. The number of carbonyl (C=O) groups is 2. The van der Waals surface area contributed by atoms with Crippen LogP contribution >= 0.6 is 0 Å². The molecule has 1 fully saturated rings. The molecule has 2 heterocycles. The van der Waals surface area contributed by atoms with Crippen LogP contribution in [0.5, 0.6) is 0 Å². The number of likely N-dealkylation sites (tertiary alicyclic amines) is 1. The van der Waals surface area contributed by atoms with Crippen molar-refractivity contribution in [2.75, 3.05) is 25.0 Å². The highest BCUT2D eigenvalue weighted by molar-refractivity contribution is 5.88. The third-order valence-corrected chi connectivity index (χ3v) is 4.49. The SMILES string of the molecule is O=C(O)CCC1CCN(C(=O)C2CNc3ccccc32)C1. The first-order valence-electron chi connectivity index (χ1n) is 7.48. The highest BCUT2D eigenvalue weighted by atomic mass is 16.4. The zero-order valence-electron chi connectivity index (χ0n) is 11.9. The van der Waals surface area contributed by atoms with Crippen LogP contribution in [0, 0.1) is 5.92 Å². The number of hydrogen-bond donors (Lipinski definition) is 2. The Hall–Kier alpha value is -2.04. The number of carboxylic acid groups (broad SMARTS) is 1. The second-order valence-electron chi connectivity index (χ2n) is 5.89. The predicted octanol–water partition coefficient (Wildman–Crippen LogP) is 1.91. The maximum atomic E-state index is 12.7. The maximum Gasteiger partial charge on any atom is 0.303 e. The van der Waals surface area contributed by atoms with Crippen LogP contribution in [0.1, 0.15) is 30.7 Å². The lowest BCUT2D eigenvalue weighted by atomic mass is 10.00. The number of nitrogens with zero attached hydrogens (tertiary/aromatic N) is 1. The molecule has 5 heteroatoms. The Morgan fingerprint density at radius 1 is 1.33 bits per heavy atom. The average Bonchev–Trinajstić information content (AvgIpc) is 3.11. The molecule has 0 radical (unpaired) electrons. The summed E-state index contributed by atoms with van der Waals surface area (Å²) in [7, 11) is 0. The molecule has 1 saturated heterocycles. The van der Waals surface area contributed by atoms with E-state index in [0.717, 1.165) is 24.2 Å². The number of carbonyl (C=O) groups excluding carboxylic acids is 1. The van der Waals surface area contributed by atoms with Crippen molar-refractivity contribution in [3.63, 3.8) is 0 Å². The number of benzene rings is 1. The van der Waals surface area contributed by atoms with Crippen LogP contribution < -0.4 is 5.32 Å². The minimum absolute atomic E-state index is 0.0978. The molecule has 1 aromatic rings. The zero-order chi connectivity index (χ0) is 14.8. The Morgan fingerprint density at radius 2 is 2.14 bits per heavy atom. The smallest absolute Gasteiger partial charge is 0.303 e. The van der Waals surface area contributed by atoms with Gasteiger partial charge in [-0.3, -0.25) is 9.59 Å². The molecule has 2 aliphatic rings. The van der Waals surface area contributed by atoms with E-state index in [9.17, 15) is 9.59 Å². The van der Waals surface area contributed by atoms with Gasteiger partial charge in [-0.05, 0) is 30.4 Å². The van der Waals surface area contributed by atoms with Gasteiger partial charge in [-0.25, -0.2) is 0 Å². The van der Waals surface area contributed by atoms with Crippen LogP contribution in [0.15, 0.2) is 24.3 Å². The average molecular weight is 288 g/mol. The first kappa shape index (κ1) is 13.9. The lowest BCUT2D eigenvalue weighted by Crippen LogP contribution is -2.34. The summed E-state index contributed by atoms with van der Waals surface area (Å²) in [6.45, 7) is 2.11. The first-order valence-corrected chi connectivity index (χ1v) is 7.48. The summed E-state index contributed by atoms with van der Waals surface area (Å²) in [4.78, 5) is 25.2. The zero-order valence-corrected chi connectivity index (χ0v) is 11.9. The van der Waals surface area contributed by atoms with E-state index in [0.29, 0.717) is 25.4 Å². The summed E-state index contributed by atoms with van der Waals surface area (Å²) < 4.78 is 0. The van der Waals surface area contributed by atoms with Crippen LogP contribution in [-0.4, -0.2) is 41.5 Å². The van der Waals surface area contributed by atoms with Crippen molar-refractivity contribution in [3.8, 4) is 0 Å². The molecule has 112 valence electrons. The Bertz CT molecular complexity index is 558.